The van der Waals surface area contributed by atoms with Gasteiger partial charge in [-0.05, 0) is 68.4 Å². The van der Waals surface area contributed by atoms with E-state index in [2.05, 4.69) is 9.44 Å². The van der Waals surface area contributed by atoms with E-state index in [1.165, 1.54) is 37.4 Å². The van der Waals surface area contributed by atoms with Gasteiger partial charge in [-0.2, -0.15) is 0 Å². The molecular formula is C16H18N2O6S2. The van der Waals surface area contributed by atoms with Crippen molar-refractivity contribution in [1.29, 1.82) is 0 Å². The van der Waals surface area contributed by atoms with Crippen molar-refractivity contribution in [2.24, 2.45) is 0 Å². The van der Waals surface area contributed by atoms with Crippen molar-refractivity contribution in [2.45, 2.75) is 23.6 Å². The van der Waals surface area contributed by atoms with Crippen molar-refractivity contribution in [1.82, 2.24) is 4.72 Å². The van der Waals surface area contributed by atoms with E-state index in [1.54, 1.807) is 13.8 Å². The number of hydrogen-bond acceptors (Lipinski definition) is 5. The summed E-state index contributed by atoms with van der Waals surface area (Å²) in [7, 11) is -6.42. The van der Waals surface area contributed by atoms with Crippen LogP contribution in [0.5, 0.6) is 0 Å². The second-order valence-corrected chi connectivity index (χ2v) is 9.10. The van der Waals surface area contributed by atoms with E-state index in [4.69, 9.17) is 5.11 Å². The summed E-state index contributed by atoms with van der Waals surface area (Å²) >= 11 is 0. The number of benzene rings is 2. The lowest BCUT2D eigenvalue weighted by Crippen LogP contribution is -2.19. The smallest absolute Gasteiger partial charge is 0.335 e. The first-order chi connectivity index (χ1) is 12.0. The average Bonchev–Trinajstić information content (AvgIpc) is 2.56. The van der Waals surface area contributed by atoms with Crippen LogP contribution in [0, 0.1) is 13.8 Å². The first-order valence-electron chi connectivity index (χ1n) is 7.39. The number of anilines is 1. The first-order valence-corrected chi connectivity index (χ1v) is 10.4. The lowest BCUT2D eigenvalue weighted by atomic mass is 10.1. The van der Waals surface area contributed by atoms with Crippen LogP contribution in [-0.2, 0) is 20.0 Å². The molecule has 0 heterocycles. The van der Waals surface area contributed by atoms with Crippen LogP contribution in [0.1, 0.15) is 21.5 Å². The highest BCUT2D eigenvalue weighted by Gasteiger charge is 2.21. The van der Waals surface area contributed by atoms with Crippen LogP contribution < -0.4 is 9.44 Å². The number of sulfonamides is 2. The minimum Gasteiger partial charge on any atom is -0.478 e. The molecule has 0 fully saturated rings. The van der Waals surface area contributed by atoms with Gasteiger partial charge >= 0.3 is 5.97 Å². The van der Waals surface area contributed by atoms with Gasteiger partial charge in [-0.3, -0.25) is 4.72 Å². The van der Waals surface area contributed by atoms with Crippen LogP contribution in [0.2, 0.25) is 0 Å². The molecule has 2 aromatic carbocycles. The maximum atomic E-state index is 12.7. The van der Waals surface area contributed by atoms with Crippen LogP contribution in [-0.4, -0.2) is 35.0 Å². The normalized spacial score (nSPS) is 12.0. The molecule has 0 aromatic heterocycles. The number of carboxylic acid groups (broad SMARTS) is 1. The third kappa shape index (κ3) is 4.03. The summed E-state index contributed by atoms with van der Waals surface area (Å²) < 4.78 is 53.2. The Morgan fingerprint density at radius 3 is 2.04 bits per heavy atom. The van der Waals surface area contributed by atoms with Crippen LogP contribution in [0.4, 0.5) is 5.69 Å². The fourth-order valence-electron chi connectivity index (χ4n) is 2.26. The number of aromatic carboxylic acids is 1. The van der Waals surface area contributed by atoms with Gasteiger partial charge in [0.15, 0.2) is 0 Å². The topological polar surface area (TPSA) is 130 Å². The van der Waals surface area contributed by atoms with Gasteiger partial charge in [0.25, 0.3) is 10.0 Å². The summed E-state index contributed by atoms with van der Waals surface area (Å²) in [6.07, 6.45) is 0. The molecule has 10 heteroatoms. The molecule has 0 saturated carbocycles. The summed E-state index contributed by atoms with van der Waals surface area (Å²) in [5, 5.41) is 9.13. The summed E-state index contributed by atoms with van der Waals surface area (Å²) in [4.78, 5) is 11.0. The van der Waals surface area contributed by atoms with Crippen LogP contribution in [0.25, 0.3) is 0 Å². The van der Waals surface area contributed by atoms with Gasteiger partial charge in [-0.1, -0.05) is 0 Å². The Balaban J connectivity index is 2.42. The zero-order valence-corrected chi connectivity index (χ0v) is 15.9. The first kappa shape index (κ1) is 19.9. The number of carboxylic acids is 1. The minimum absolute atomic E-state index is 0.0113. The largest absolute Gasteiger partial charge is 0.478 e. The Kier molecular flexibility index (Phi) is 5.40. The van der Waals surface area contributed by atoms with E-state index >= 15 is 0 Å². The number of rotatable bonds is 6. The summed E-state index contributed by atoms with van der Waals surface area (Å²) in [5.41, 5.74) is 0.972. The number of nitrogens with one attached hydrogen (secondary N) is 2. The Morgan fingerprint density at radius 2 is 1.54 bits per heavy atom. The molecule has 0 spiro atoms. The molecule has 0 aliphatic rings. The fraction of sp³-hybridized carbons (Fsp3) is 0.188. The predicted molar refractivity (Wildman–Crippen MR) is 96.4 cm³/mol. The van der Waals surface area contributed by atoms with Crippen LogP contribution >= 0.6 is 0 Å². The second-order valence-electron chi connectivity index (χ2n) is 5.56. The molecule has 0 unspecified atom stereocenters. The molecule has 8 nitrogen and oxygen atoms in total. The zero-order valence-electron chi connectivity index (χ0n) is 14.3. The van der Waals surface area contributed by atoms with Gasteiger partial charge in [-0.15, -0.1) is 0 Å². The monoisotopic (exact) mass is 398 g/mol. The fourth-order valence-corrected chi connectivity index (χ4v) is 4.39. The summed E-state index contributed by atoms with van der Waals surface area (Å²) in [6.45, 7) is 3.20. The van der Waals surface area contributed by atoms with Gasteiger partial charge in [-0.25, -0.2) is 26.4 Å². The van der Waals surface area contributed by atoms with Gasteiger partial charge in [0.05, 0.1) is 15.4 Å². The molecule has 2 aromatic rings. The summed E-state index contributed by atoms with van der Waals surface area (Å²) in [6, 6.07) is 7.63. The van der Waals surface area contributed by atoms with E-state index in [0.29, 0.717) is 11.1 Å². The SMILES string of the molecule is CNS(=O)(=O)c1ccc(NS(=O)(=O)c2cc(C(=O)O)cc(C)c2C)cc1. The molecule has 0 aliphatic heterocycles. The molecule has 0 atom stereocenters. The Labute approximate surface area is 152 Å². The Bertz CT molecular complexity index is 1060. The van der Waals surface area contributed by atoms with Crippen molar-refractivity contribution in [3.05, 3.63) is 53.1 Å². The van der Waals surface area contributed by atoms with Gasteiger partial charge in [0, 0.05) is 5.69 Å². The number of hydrogen-bond donors (Lipinski definition) is 3. The van der Waals surface area contributed by atoms with E-state index < -0.39 is 26.0 Å². The lowest BCUT2D eigenvalue weighted by Gasteiger charge is -2.13. The average molecular weight is 398 g/mol. The van der Waals surface area contributed by atoms with Crippen LogP contribution in [0.15, 0.2) is 46.2 Å². The highest BCUT2D eigenvalue weighted by atomic mass is 32.2. The van der Waals surface area contributed by atoms with Crippen LogP contribution in [0.3, 0.4) is 0 Å². The standard InChI is InChI=1S/C16H18N2O6S2/c1-10-8-12(16(19)20)9-15(11(10)2)26(23,24)18-13-4-6-14(7-5-13)25(21,22)17-3/h4-9,17-18H,1-3H3,(H,19,20). The van der Waals surface area contributed by atoms with Crippen molar-refractivity contribution < 1.29 is 26.7 Å². The maximum absolute atomic E-state index is 12.7. The van der Waals surface area contributed by atoms with Crippen molar-refractivity contribution >= 4 is 31.7 Å². The molecule has 0 radical (unpaired) electrons. The van der Waals surface area contributed by atoms with E-state index in [-0.39, 0.29) is 21.0 Å². The third-order valence-corrected chi connectivity index (χ3v) is 6.78. The molecule has 26 heavy (non-hydrogen) atoms. The van der Waals surface area contributed by atoms with Gasteiger partial charge in [0.1, 0.15) is 0 Å². The lowest BCUT2D eigenvalue weighted by molar-refractivity contribution is 0.0696. The number of carbonyl (C=O) groups is 1. The van der Waals surface area contributed by atoms with E-state index in [0.717, 1.165) is 6.07 Å². The number of aryl methyl sites for hydroxylation is 1. The molecule has 0 amide bonds. The summed E-state index contributed by atoms with van der Waals surface area (Å²) in [5.74, 6) is -1.23. The molecule has 0 saturated heterocycles. The molecule has 2 rings (SSSR count). The van der Waals surface area contributed by atoms with Crippen molar-refractivity contribution in [3.8, 4) is 0 Å². The molecule has 0 bridgehead atoms. The Morgan fingerprint density at radius 1 is 0.962 bits per heavy atom. The zero-order chi connectivity index (χ0) is 19.7. The highest BCUT2D eigenvalue weighted by Crippen LogP contribution is 2.24. The van der Waals surface area contributed by atoms with Gasteiger partial charge in [0.2, 0.25) is 10.0 Å². The third-order valence-electron chi connectivity index (χ3n) is 3.84. The Hall–Kier alpha value is -2.43. The van der Waals surface area contributed by atoms with E-state index in [9.17, 15) is 21.6 Å². The molecule has 3 N–H and O–H groups in total. The van der Waals surface area contributed by atoms with Gasteiger partial charge < -0.3 is 5.11 Å². The van der Waals surface area contributed by atoms with Crippen molar-refractivity contribution in [2.75, 3.05) is 11.8 Å². The molecular weight excluding hydrogens is 380 g/mol. The van der Waals surface area contributed by atoms with Crippen molar-refractivity contribution in [3.63, 3.8) is 0 Å². The molecule has 0 aliphatic carbocycles. The minimum atomic E-state index is -4.05. The predicted octanol–water partition coefficient (Wildman–Crippen LogP) is 1.71. The second kappa shape index (κ2) is 7.06. The quantitative estimate of drug-likeness (QED) is 0.679. The highest BCUT2D eigenvalue weighted by molar-refractivity contribution is 7.92. The molecule has 140 valence electrons. The van der Waals surface area contributed by atoms with E-state index in [1.807, 2.05) is 0 Å². The maximum Gasteiger partial charge on any atom is 0.335 e.